The van der Waals surface area contributed by atoms with Crippen LogP contribution in [-0.4, -0.2) is 41.1 Å². The number of carbonyl (C=O) groups is 3. The van der Waals surface area contributed by atoms with Crippen molar-refractivity contribution >= 4 is 17.7 Å². The lowest BCUT2D eigenvalue weighted by Gasteiger charge is -2.28. The van der Waals surface area contributed by atoms with Gasteiger partial charge in [-0.1, -0.05) is 18.6 Å². The summed E-state index contributed by atoms with van der Waals surface area (Å²) in [6, 6.07) is 0. The Bertz CT molecular complexity index is 629. The summed E-state index contributed by atoms with van der Waals surface area (Å²) in [5, 5.41) is 8.89. The fourth-order valence-corrected chi connectivity index (χ4v) is 3.35. The summed E-state index contributed by atoms with van der Waals surface area (Å²) >= 11 is 0. The second-order valence-electron chi connectivity index (χ2n) is 8.12. The average Bonchev–Trinajstić information content (AvgIpc) is 2.71. The molecule has 0 aromatic heterocycles. The third kappa shape index (κ3) is 8.38. The van der Waals surface area contributed by atoms with E-state index >= 15 is 0 Å². The molecule has 0 aromatic carbocycles. The minimum Gasteiger partial charge on any atom is -0.478 e. The standard InChI is InChI=1S/C22H34O6/c1-15(2)8-10-19(28-17(4)23)16(3)7-6-12-22(5)20(24)11-9-18(14-27-22)13-21(25)26/h8,13,16,19H,6-7,9-12,14H2,1-5H3,(H,25,26)/b18-13+/t16?,19?,22-/m0/s1. The summed E-state index contributed by atoms with van der Waals surface area (Å²) < 4.78 is 11.3. The minimum absolute atomic E-state index is 0.00928. The zero-order chi connectivity index (χ0) is 21.3. The highest BCUT2D eigenvalue weighted by atomic mass is 16.5. The Balaban J connectivity index is 2.65. The van der Waals surface area contributed by atoms with Gasteiger partial charge in [0.15, 0.2) is 5.78 Å². The van der Waals surface area contributed by atoms with Crippen molar-refractivity contribution < 1.29 is 29.0 Å². The van der Waals surface area contributed by atoms with Gasteiger partial charge < -0.3 is 14.6 Å². The van der Waals surface area contributed by atoms with Crippen LogP contribution in [0.5, 0.6) is 0 Å². The van der Waals surface area contributed by atoms with Gasteiger partial charge in [-0.2, -0.15) is 0 Å². The third-order valence-electron chi connectivity index (χ3n) is 5.19. The van der Waals surface area contributed by atoms with Crippen LogP contribution in [0.15, 0.2) is 23.3 Å². The van der Waals surface area contributed by atoms with Gasteiger partial charge in [-0.25, -0.2) is 4.79 Å². The van der Waals surface area contributed by atoms with Gasteiger partial charge in [0.25, 0.3) is 0 Å². The number of aliphatic carboxylic acids is 1. The summed E-state index contributed by atoms with van der Waals surface area (Å²) in [5.41, 5.74) is 0.916. The van der Waals surface area contributed by atoms with E-state index in [9.17, 15) is 14.4 Å². The lowest BCUT2D eigenvalue weighted by Crippen LogP contribution is -2.37. The summed E-state index contributed by atoms with van der Waals surface area (Å²) in [6.07, 6.45) is 6.54. The van der Waals surface area contributed by atoms with Crippen LogP contribution >= 0.6 is 0 Å². The number of hydrogen-bond acceptors (Lipinski definition) is 5. The Morgan fingerprint density at radius 3 is 2.54 bits per heavy atom. The van der Waals surface area contributed by atoms with Crippen molar-refractivity contribution in [3.8, 4) is 0 Å². The summed E-state index contributed by atoms with van der Waals surface area (Å²) in [4.78, 5) is 34.8. The van der Waals surface area contributed by atoms with Gasteiger partial charge in [-0.15, -0.1) is 0 Å². The number of esters is 1. The van der Waals surface area contributed by atoms with E-state index in [0.717, 1.165) is 18.9 Å². The molecule has 6 heteroatoms. The first-order chi connectivity index (χ1) is 13.0. The van der Waals surface area contributed by atoms with Crippen molar-refractivity contribution in [1.82, 2.24) is 0 Å². The SMILES string of the molecule is CC(=O)OC(CC=C(C)C)C(C)CCC[C@]1(C)OC/C(=C/C(=O)O)CCC1=O. The molecule has 0 radical (unpaired) electrons. The Hall–Kier alpha value is -1.95. The molecule has 28 heavy (non-hydrogen) atoms. The van der Waals surface area contributed by atoms with E-state index in [1.54, 1.807) is 6.92 Å². The zero-order valence-corrected chi connectivity index (χ0v) is 17.7. The van der Waals surface area contributed by atoms with Gasteiger partial charge in [-0.3, -0.25) is 9.59 Å². The quantitative estimate of drug-likeness (QED) is 0.358. The van der Waals surface area contributed by atoms with Crippen LogP contribution in [0.1, 0.15) is 73.1 Å². The first kappa shape index (κ1) is 24.1. The topological polar surface area (TPSA) is 89.9 Å². The van der Waals surface area contributed by atoms with E-state index in [2.05, 4.69) is 13.0 Å². The highest BCUT2D eigenvalue weighted by Gasteiger charge is 2.36. The van der Waals surface area contributed by atoms with Crippen molar-refractivity contribution in [2.24, 2.45) is 5.92 Å². The number of allylic oxidation sites excluding steroid dienone is 1. The molecular formula is C22H34O6. The smallest absolute Gasteiger partial charge is 0.328 e. The minimum atomic E-state index is -1.02. The second kappa shape index (κ2) is 11.1. The van der Waals surface area contributed by atoms with Crippen LogP contribution in [0.2, 0.25) is 0 Å². The fourth-order valence-electron chi connectivity index (χ4n) is 3.35. The van der Waals surface area contributed by atoms with E-state index in [4.69, 9.17) is 14.6 Å². The summed E-state index contributed by atoms with van der Waals surface area (Å²) in [6.45, 7) is 9.45. The first-order valence-electron chi connectivity index (χ1n) is 9.93. The number of ketones is 1. The van der Waals surface area contributed by atoms with Gasteiger partial charge in [0.2, 0.25) is 0 Å². The number of carbonyl (C=O) groups excluding carboxylic acids is 2. The number of carboxylic acids is 1. The van der Waals surface area contributed by atoms with Crippen molar-refractivity contribution in [3.05, 3.63) is 23.3 Å². The van der Waals surface area contributed by atoms with Gasteiger partial charge in [0, 0.05) is 25.8 Å². The maximum atomic E-state index is 12.5. The highest BCUT2D eigenvalue weighted by molar-refractivity contribution is 5.88. The molecule has 1 aliphatic heterocycles. The van der Waals surface area contributed by atoms with E-state index in [1.807, 2.05) is 13.8 Å². The van der Waals surface area contributed by atoms with Crippen LogP contribution in [0.25, 0.3) is 0 Å². The van der Waals surface area contributed by atoms with Gasteiger partial charge in [0.05, 0.1) is 6.61 Å². The lowest BCUT2D eigenvalue weighted by molar-refractivity contribution is -0.148. The molecule has 0 spiro atoms. The van der Waals surface area contributed by atoms with Crippen LogP contribution in [0.3, 0.4) is 0 Å². The molecule has 1 heterocycles. The molecule has 1 saturated heterocycles. The molecule has 6 nitrogen and oxygen atoms in total. The molecule has 0 aliphatic carbocycles. The van der Waals surface area contributed by atoms with Crippen LogP contribution in [0.4, 0.5) is 0 Å². The molecule has 1 fully saturated rings. The molecule has 0 aromatic rings. The predicted octanol–water partition coefficient (Wildman–Crippen LogP) is 4.23. The number of Topliss-reactive ketones (excluding diaryl/α,β-unsaturated/α-hetero) is 1. The Morgan fingerprint density at radius 1 is 1.29 bits per heavy atom. The van der Waals surface area contributed by atoms with E-state index in [-0.39, 0.29) is 30.4 Å². The molecule has 0 saturated carbocycles. The molecule has 1 rings (SSSR count). The summed E-state index contributed by atoms with van der Waals surface area (Å²) in [7, 11) is 0. The molecule has 3 atom stereocenters. The monoisotopic (exact) mass is 394 g/mol. The van der Waals surface area contributed by atoms with Gasteiger partial charge in [-0.05, 0) is 57.9 Å². The normalized spacial score (nSPS) is 23.6. The molecule has 1 N–H and O–H groups in total. The lowest BCUT2D eigenvalue weighted by atomic mass is 9.88. The number of ether oxygens (including phenoxy) is 2. The average molecular weight is 395 g/mol. The molecular weight excluding hydrogens is 360 g/mol. The largest absolute Gasteiger partial charge is 0.478 e. The molecule has 1 aliphatic rings. The zero-order valence-electron chi connectivity index (χ0n) is 17.7. The first-order valence-corrected chi connectivity index (χ1v) is 9.93. The maximum absolute atomic E-state index is 12.5. The molecule has 0 bridgehead atoms. The summed E-state index contributed by atoms with van der Waals surface area (Å²) in [5.74, 6) is -1.14. The van der Waals surface area contributed by atoms with Gasteiger partial charge >= 0.3 is 11.9 Å². The number of hydrogen-bond donors (Lipinski definition) is 1. The second-order valence-corrected chi connectivity index (χ2v) is 8.12. The van der Waals surface area contributed by atoms with E-state index in [0.29, 0.717) is 31.3 Å². The fraction of sp³-hybridized carbons (Fsp3) is 0.682. The van der Waals surface area contributed by atoms with Crippen molar-refractivity contribution in [2.75, 3.05) is 6.61 Å². The molecule has 2 unspecified atom stereocenters. The van der Waals surface area contributed by atoms with Crippen molar-refractivity contribution in [2.45, 2.75) is 84.8 Å². The van der Waals surface area contributed by atoms with Crippen LogP contribution in [0, 0.1) is 5.92 Å². The van der Waals surface area contributed by atoms with Crippen LogP contribution in [-0.2, 0) is 23.9 Å². The highest BCUT2D eigenvalue weighted by Crippen LogP contribution is 2.29. The third-order valence-corrected chi connectivity index (χ3v) is 5.19. The van der Waals surface area contributed by atoms with Crippen LogP contribution < -0.4 is 0 Å². The Kier molecular flexibility index (Phi) is 9.59. The van der Waals surface area contributed by atoms with Crippen molar-refractivity contribution in [1.29, 1.82) is 0 Å². The molecule has 158 valence electrons. The van der Waals surface area contributed by atoms with Gasteiger partial charge in [0.1, 0.15) is 11.7 Å². The van der Waals surface area contributed by atoms with Crippen molar-refractivity contribution in [3.63, 3.8) is 0 Å². The number of rotatable bonds is 9. The van der Waals surface area contributed by atoms with E-state index < -0.39 is 11.6 Å². The predicted molar refractivity (Wildman–Crippen MR) is 107 cm³/mol. The number of carboxylic acid groups (broad SMARTS) is 1. The van der Waals surface area contributed by atoms with E-state index in [1.165, 1.54) is 12.5 Å². The molecule has 0 amide bonds. The maximum Gasteiger partial charge on any atom is 0.328 e. The Labute approximate surface area is 168 Å². The Morgan fingerprint density at radius 2 is 1.96 bits per heavy atom.